The Morgan fingerprint density at radius 2 is 2.05 bits per heavy atom. The van der Waals surface area contributed by atoms with Crippen LogP contribution in [0.15, 0.2) is 12.1 Å². The van der Waals surface area contributed by atoms with Crippen molar-refractivity contribution in [3.05, 3.63) is 22.7 Å². The van der Waals surface area contributed by atoms with E-state index in [9.17, 15) is 0 Å². The predicted octanol–water partition coefficient (Wildman–Crippen LogP) is 3.05. The molecule has 0 radical (unpaired) electrons. The van der Waals surface area contributed by atoms with E-state index in [0.29, 0.717) is 23.1 Å². The highest BCUT2D eigenvalue weighted by Crippen LogP contribution is 2.41. The molecule has 1 atom stereocenters. The summed E-state index contributed by atoms with van der Waals surface area (Å²) in [7, 11) is 2.08. The smallest absolute Gasteiger partial charge is 0.231 e. The summed E-state index contributed by atoms with van der Waals surface area (Å²) < 4.78 is 10.8. The summed E-state index contributed by atoms with van der Waals surface area (Å²) >= 11 is 6.25. The average molecular weight is 299 g/mol. The molecule has 1 unspecified atom stereocenters. The number of benzene rings is 1. The lowest BCUT2D eigenvalue weighted by Gasteiger charge is -2.33. The van der Waals surface area contributed by atoms with Crippen LogP contribution in [0, 0.1) is 5.41 Å². The van der Waals surface area contributed by atoms with Crippen molar-refractivity contribution in [3.8, 4) is 11.5 Å². The molecule has 4 nitrogen and oxygen atoms in total. The van der Waals surface area contributed by atoms with Crippen molar-refractivity contribution in [1.29, 1.82) is 0 Å². The zero-order valence-corrected chi connectivity index (χ0v) is 13.3. The number of ether oxygens (including phenoxy) is 2. The molecule has 0 bridgehead atoms. The van der Waals surface area contributed by atoms with Gasteiger partial charge in [0, 0.05) is 19.1 Å². The molecule has 0 spiro atoms. The van der Waals surface area contributed by atoms with Gasteiger partial charge in [0.1, 0.15) is 0 Å². The normalized spacial score (nSPS) is 15.8. The Labute approximate surface area is 125 Å². The Kier molecular flexibility index (Phi) is 4.47. The predicted molar refractivity (Wildman–Crippen MR) is 81.5 cm³/mol. The maximum absolute atomic E-state index is 6.25. The van der Waals surface area contributed by atoms with Crippen molar-refractivity contribution in [2.75, 3.05) is 26.9 Å². The number of rotatable bonds is 4. The lowest BCUT2D eigenvalue weighted by molar-refractivity contribution is 0.172. The van der Waals surface area contributed by atoms with Crippen LogP contribution < -0.4 is 15.2 Å². The summed E-state index contributed by atoms with van der Waals surface area (Å²) in [6.45, 7) is 8.34. The third-order valence-electron chi connectivity index (χ3n) is 3.31. The molecule has 0 aromatic heterocycles. The molecule has 1 aliphatic rings. The van der Waals surface area contributed by atoms with Crippen LogP contribution in [-0.2, 0) is 0 Å². The van der Waals surface area contributed by atoms with E-state index in [1.165, 1.54) is 0 Å². The zero-order chi connectivity index (χ0) is 14.9. The van der Waals surface area contributed by atoms with Crippen LogP contribution in [0.2, 0.25) is 5.02 Å². The Hall–Kier alpha value is -0.970. The molecule has 0 aliphatic carbocycles. The van der Waals surface area contributed by atoms with E-state index in [0.717, 1.165) is 12.1 Å². The van der Waals surface area contributed by atoms with Crippen LogP contribution in [-0.4, -0.2) is 31.8 Å². The van der Waals surface area contributed by atoms with Crippen molar-refractivity contribution >= 4 is 11.6 Å². The molecule has 0 saturated carbocycles. The van der Waals surface area contributed by atoms with E-state index in [1.807, 2.05) is 12.1 Å². The van der Waals surface area contributed by atoms with Crippen molar-refractivity contribution in [2.45, 2.75) is 26.8 Å². The molecule has 2 rings (SSSR count). The molecule has 0 saturated heterocycles. The van der Waals surface area contributed by atoms with Crippen LogP contribution in [0.1, 0.15) is 32.4 Å². The van der Waals surface area contributed by atoms with Crippen molar-refractivity contribution in [1.82, 2.24) is 4.90 Å². The van der Waals surface area contributed by atoms with Gasteiger partial charge in [-0.25, -0.2) is 0 Å². The first-order valence-corrected chi connectivity index (χ1v) is 7.19. The SMILES string of the molecule is CN(CC(C)(C)C)C(CN)c1cc(Cl)c2c(c1)OCO2. The van der Waals surface area contributed by atoms with Gasteiger partial charge in [-0.2, -0.15) is 0 Å². The number of hydrogen-bond donors (Lipinski definition) is 1. The molecule has 1 aromatic carbocycles. The average Bonchev–Trinajstić information content (AvgIpc) is 2.76. The van der Waals surface area contributed by atoms with Gasteiger partial charge in [-0.1, -0.05) is 32.4 Å². The highest BCUT2D eigenvalue weighted by molar-refractivity contribution is 6.32. The summed E-state index contributed by atoms with van der Waals surface area (Å²) in [6, 6.07) is 4.01. The minimum atomic E-state index is 0.112. The molecule has 1 heterocycles. The molecule has 1 aromatic rings. The molecule has 2 N–H and O–H groups in total. The first-order chi connectivity index (χ1) is 9.31. The first-order valence-electron chi connectivity index (χ1n) is 6.81. The number of nitrogens with two attached hydrogens (primary N) is 1. The Balaban J connectivity index is 2.26. The maximum atomic E-state index is 6.25. The molecule has 5 heteroatoms. The number of hydrogen-bond acceptors (Lipinski definition) is 4. The summed E-state index contributed by atoms with van der Waals surface area (Å²) in [5, 5.41) is 0.581. The fourth-order valence-electron chi connectivity index (χ4n) is 2.61. The first kappa shape index (κ1) is 15.4. The zero-order valence-electron chi connectivity index (χ0n) is 12.6. The third-order valence-corrected chi connectivity index (χ3v) is 3.59. The second-order valence-electron chi connectivity index (χ2n) is 6.46. The van der Waals surface area contributed by atoms with Crippen LogP contribution >= 0.6 is 11.6 Å². The molecule has 1 aliphatic heterocycles. The Morgan fingerprint density at radius 1 is 1.35 bits per heavy atom. The largest absolute Gasteiger partial charge is 0.454 e. The highest BCUT2D eigenvalue weighted by Gasteiger charge is 2.25. The molecule has 0 amide bonds. The summed E-state index contributed by atoms with van der Waals surface area (Å²) in [4.78, 5) is 2.26. The van der Waals surface area contributed by atoms with Gasteiger partial charge in [0.2, 0.25) is 6.79 Å². The van der Waals surface area contributed by atoms with Gasteiger partial charge >= 0.3 is 0 Å². The van der Waals surface area contributed by atoms with Gasteiger partial charge in [0.15, 0.2) is 11.5 Å². The van der Waals surface area contributed by atoms with Gasteiger partial charge in [-0.3, -0.25) is 4.90 Å². The fourth-order valence-corrected chi connectivity index (χ4v) is 2.88. The molecule has 112 valence electrons. The van der Waals surface area contributed by atoms with Crippen LogP contribution in [0.25, 0.3) is 0 Å². The van der Waals surface area contributed by atoms with E-state index in [4.69, 9.17) is 26.8 Å². The number of likely N-dealkylation sites (N-methyl/N-ethyl adjacent to an activating group) is 1. The summed E-state index contributed by atoms with van der Waals surface area (Å²) in [5.41, 5.74) is 7.24. The van der Waals surface area contributed by atoms with E-state index in [-0.39, 0.29) is 18.2 Å². The van der Waals surface area contributed by atoms with Crippen LogP contribution in [0.4, 0.5) is 0 Å². The van der Waals surface area contributed by atoms with Crippen molar-refractivity contribution in [3.63, 3.8) is 0 Å². The fraction of sp³-hybridized carbons (Fsp3) is 0.600. The quantitative estimate of drug-likeness (QED) is 0.928. The minimum Gasteiger partial charge on any atom is -0.454 e. The van der Waals surface area contributed by atoms with Crippen molar-refractivity contribution in [2.24, 2.45) is 11.1 Å². The standard InChI is InChI=1S/C15H23ClN2O2/c1-15(2,3)8-18(4)12(7-17)10-5-11(16)14-13(6-10)19-9-20-14/h5-6,12H,7-9,17H2,1-4H3. The van der Waals surface area contributed by atoms with E-state index in [2.05, 4.69) is 32.7 Å². The number of fused-ring (bicyclic) bond motifs is 1. The summed E-state index contributed by atoms with van der Waals surface area (Å²) in [6.07, 6.45) is 0. The summed E-state index contributed by atoms with van der Waals surface area (Å²) in [5.74, 6) is 1.33. The van der Waals surface area contributed by atoms with Gasteiger partial charge in [-0.15, -0.1) is 0 Å². The van der Waals surface area contributed by atoms with Crippen molar-refractivity contribution < 1.29 is 9.47 Å². The minimum absolute atomic E-state index is 0.112. The van der Waals surface area contributed by atoms with Gasteiger partial charge < -0.3 is 15.2 Å². The Bertz CT molecular complexity index is 485. The van der Waals surface area contributed by atoms with E-state index < -0.39 is 0 Å². The topological polar surface area (TPSA) is 47.7 Å². The lowest BCUT2D eigenvalue weighted by Crippen LogP contribution is -2.36. The highest BCUT2D eigenvalue weighted by atomic mass is 35.5. The number of nitrogens with zero attached hydrogens (tertiary/aromatic N) is 1. The lowest BCUT2D eigenvalue weighted by atomic mass is 9.94. The molecule has 0 fully saturated rings. The van der Waals surface area contributed by atoms with Gasteiger partial charge in [0.05, 0.1) is 5.02 Å². The molecule has 20 heavy (non-hydrogen) atoms. The monoisotopic (exact) mass is 298 g/mol. The molecular weight excluding hydrogens is 276 g/mol. The maximum Gasteiger partial charge on any atom is 0.231 e. The van der Waals surface area contributed by atoms with E-state index >= 15 is 0 Å². The van der Waals surface area contributed by atoms with E-state index in [1.54, 1.807) is 0 Å². The van der Waals surface area contributed by atoms with Crippen LogP contribution in [0.5, 0.6) is 11.5 Å². The Morgan fingerprint density at radius 3 is 2.65 bits per heavy atom. The second kappa shape index (κ2) is 5.80. The molecular formula is C15H23ClN2O2. The van der Waals surface area contributed by atoms with Gasteiger partial charge in [0.25, 0.3) is 0 Å². The van der Waals surface area contributed by atoms with Gasteiger partial charge in [-0.05, 0) is 30.2 Å². The van der Waals surface area contributed by atoms with Crippen LogP contribution in [0.3, 0.4) is 0 Å². The second-order valence-corrected chi connectivity index (χ2v) is 6.87. The number of halogens is 1. The third kappa shape index (κ3) is 3.37.